The molecule has 6 nitrogen and oxygen atoms in total. The normalized spacial score (nSPS) is 16.4. The maximum Gasteiger partial charge on any atom is 0.247 e. The number of aromatic nitrogens is 4. The van der Waals surface area contributed by atoms with Crippen molar-refractivity contribution in [2.75, 3.05) is 5.32 Å². The van der Waals surface area contributed by atoms with Crippen LogP contribution in [0, 0.1) is 0 Å². The van der Waals surface area contributed by atoms with Gasteiger partial charge in [-0.05, 0) is 31.0 Å². The molecular weight excluding hydrogens is 385 g/mol. The lowest BCUT2D eigenvalue weighted by Crippen LogP contribution is -2.23. The molecule has 0 spiro atoms. The summed E-state index contributed by atoms with van der Waals surface area (Å²) in [5.74, 6) is 2.02. The first-order valence-corrected chi connectivity index (χ1v) is 9.63. The van der Waals surface area contributed by atoms with Gasteiger partial charge in [0.2, 0.25) is 11.8 Å². The Kier molecular flexibility index (Phi) is 4.93. The average molecular weight is 404 g/mol. The number of unbranched alkanes of at least 4 members (excludes halogenated alkanes) is 1. The fraction of sp³-hybridized carbons (Fsp3) is 0.316. The minimum Gasteiger partial charge on any atom is -0.421 e. The summed E-state index contributed by atoms with van der Waals surface area (Å²) in [6, 6.07) is 7.26. The van der Waals surface area contributed by atoms with E-state index in [0.29, 0.717) is 21.8 Å². The lowest BCUT2D eigenvalue weighted by atomic mass is 9.95. The van der Waals surface area contributed by atoms with E-state index < -0.39 is 0 Å². The van der Waals surface area contributed by atoms with E-state index in [2.05, 4.69) is 27.5 Å². The van der Waals surface area contributed by atoms with E-state index in [4.69, 9.17) is 27.6 Å². The molecule has 0 aliphatic carbocycles. The van der Waals surface area contributed by atoms with E-state index >= 15 is 0 Å². The molecule has 0 radical (unpaired) electrons. The Labute approximate surface area is 167 Å². The highest BCUT2D eigenvalue weighted by molar-refractivity contribution is 6.42. The van der Waals surface area contributed by atoms with Gasteiger partial charge in [0, 0.05) is 18.2 Å². The van der Waals surface area contributed by atoms with E-state index in [1.807, 2.05) is 29.8 Å². The van der Waals surface area contributed by atoms with Crippen molar-refractivity contribution in [3.05, 3.63) is 63.5 Å². The molecule has 4 rings (SSSR count). The number of hydrogen-bond donors (Lipinski definition) is 1. The van der Waals surface area contributed by atoms with Gasteiger partial charge < -0.3 is 9.73 Å². The monoisotopic (exact) mass is 403 g/mol. The number of nitrogens with one attached hydrogen (secondary N) is 1. The topological polar surface area (TPSA) is 68.8 Å². The Bertz CT molecular complexity index is 1010. The second-order valence-corrected chi connectivity index (χ2v) is 7.32. The van der Waals surface area contributed by atoms with Crippen LogP contribution in [-0.4, -0.2) is 20.0 Å². The number of rotatable bonds is 5. The number of benzene rings is 1. The molecule has 0 saturated carbocycles. The van der Waals surface area contributed by atoms with Crippen molar-refractivity contribution < 1.29 is 4.42 Å². The maximum atomic E-state index is 6.28. The van der Waals surface area contributed by atoms with Crippen molar-refractivity contribution in [3.63, 3.8) is 0 Å². The van der Waals surface area contributed by atoms with Crippen LogP contribution in [-0.2, 0) is 6.42 Å². The summed E-state index contributed by atoms with van der Waals surface area (Å²) in [7, 11) is 0. The van der Waals surface area contributed by atoms with Crippen molar-refractivity contribution in [2.24, 2.45) is 0 Å². The van der Waals surface area contributed by atoms with Crippen molar-refractivity contribution in [3.8, 4) is 0 Å². The summed E-state index contributed by atoms with van der Waals surface area (Å²) >= 11 is 12.4. The maximum absolute atomic E-state index is 6.28. The Morgan fingerprint density at radius 3 is 2.81 bits per heavy atom. The molecule has 2 aromatic heterocycles. The van der Waals surface area contributed by atoms with Crippen LogP contribution in [0.3, 0.4) is 0 Å². The average Bonchev–Trinajstić information content (AvgIpc) is 3.30. The molecule has 27 heavy (non-hydrogen) atoms. The lowest BCUT2D eigenvalue weighted by Gasteiger charge is -2.28. The van der Waals surface area contributed by atoms with Crippen LogP contribution >= 0.6 is 23.2 Å². The molecule has 1 aliphatic heterocycles. The van der Waals surface area contributed by atoms with Crippen molar-refractivity contribution in [1.29, 1.82) is 0 Å². The third-order valence-electron chi connectivity index (χ3n) is 4.61. The summed E-state index contributed by atoms with van der Waals surface area (Å²) in [6.07, 6.45) is 4.61. The van der Waals surface area contributed by atoms with Gasteiger partial charge in [0.1, 0.15) is 11.9 Å². The highest BCUT2D eigenvalue weighted by Crippen LogP contribution is 2.41. The fourth-order valence-corrected chi connectivity index (χ4v) is 3.57. The summed E-state index contributed by atoms with van der Waals surface area (Å²) in [4.78, 5) is 0. The smallest absolute Gasteiger partial charge is 0.247 e. The molecule has 3 aromatic rings. The van der Waals surface area contributed by atoms with Crippen LogP contribution < -0.4 is 5.32 Å². The number of nitrogens with zero attached hydrogens (tertiary/aromatic N) is 4. The zero-order valence-corrected chi connectivity index (χ0v) is 16.6. The fourth-order valence-electron chi connectivity index (χ4n) is 3.26. The first-order chi connectivity index (χ1) is 13.1. The molecule has 0 saturated heterocycles. The van der Waals surface area contributed by atoms with E-state index in [-0.39, 0.29) is 6.04 Å². The van der Waals surface area contributed by atoms with Crippen LogP contribution in [0.15, 0.2) is 40.6 Å². The SMILES string of the molecule is CCCCc1nnc(C2=C(C)Nc3ccnn3C2c2ccc(Cl)c(Cl)c2)o1. The number of fused-ring (bicyclic) bond motifs is 1. The van der Waals surface area contributed by atoms with Gasteiger partial charge in [0.05, 0.1) is 21.8 Å². The number of anilines is 1. The molecule has 8 heteroatoms. The van der Waals surface area contributed by atoms with Crippen molar-refractivity contribution >= 4 is 34.6 Å². The van der Waals surface area contributed by atoms with E-state index in [0.717, 1.165) is 41.9 Å². The van der Waals surface area contributed by atoms with Gasteiger partial charge in [0.15, 0.2) is 0 Å². The molecule has 0 bridgehead atoms. The van der Waals surface area contributed by atoms with Gasteiger partial charge in [-0.3, -0.25) is 0 Å². The Balaban J connectivity index is 1.82. The third-order valence-corrected chi connectivity index (χ3v) is 5.35. The Morgan fingerprint density at radius 2 is 2.04 bits per heavy atom. The number of halogens is 2. The van der Waals surface area contributed by atoms with Gasteiger partial charge >= 0.3 is 0 Å². The molecule has 1 aromatic carbocycles. The van der Waals surface area contributed by atoms with Crippen LogP contribution in [0.2, 0.25) is 10.0 Å². The quantitative estimate of drug-likeness (QED) is 0.620. The zero-order valence-electron chi connectivity index (χ0n) is 15.0. The van der Waals surface area contributed by atoms with Crippen molar-refractivity contribution in [1.82, 2.24) is 20.0 Å². The van der Waals surface area contributed by atoms with Gasteiger partial charge in [-0.25, -0.2) is 4.68 Å². The predicted molar refractivity (Wildman–Crippen MR) is 106 cm³/mol. The summed E-state index contributed by atoms with van der Waals surface area (Å²) in [6.45, 7) is 4.13. The van der Waals surface area contributed by atoms with Crippen LogP contribution in [0.5, 0.6) is 0 Å². The molecule has 1 unspecified atom stereocenters. The first-order valence-electron chi connectivity index (χ1n) is 8.87. The second-order valence-electron chi connectivity index (χ2n) is 6.51. The lowest BCUT2D eigenvalue weighted by molar-refractivity contribution is 0.465. The minimum absolute atomic E-state index is 0.245. The first kappa shape index (κ1) is 18.1. The predicted octanol–water partition coefficient (Wildman–Crippen LogP) is 5.36. The molecule has 1 aliphatic rings. The highest BCUT2D eigenvalue weighted by atomic mass is 35.5. The van der Waals surface area contributed by atoms with Gasteiger partial charge in [-0.2, -0.15) is 5.10 Å². The largest absolute Gasteiger partial charge is 0.421 e. The standard InChI is InChI=1S/C19H19Cl2N5O/c1-3-4-5-16-24-25-19(27-16)17-11(2)23-15-8-9-22-26(15)18(17)12-6-7-13(20)14(21)10-12/h6-10,18,23H,3-5H2,1-2H3. The van der Waals surface area contributed by atoms with E-state index in [1.54, 1.807) is 12.3 Å². The molecule has 0 fully saturated rings. The van der Waals surface area contributed by atoms with Crippen LogP contribution in [0.4, 0.5) is 5.82 Å². The van der Waals surface area contributed by atoms with Crippen LogP contribution in [0.25, 0.3) is 5.57 Å². The number of aryl methyl sites for hydroxylation is 1. The van der Waals surface area contributed by atoms with Crippen molar-refractivity contribution in [2.45, 2.75) is 39.2 Å². The summed E-state index contributed by atoms with van der Waals surface area (Å²) < 4.78 is 7.86. The van der Waals surface area contributed by atoms with Crippen LogP contribution in [0.1, 0.15) is 50.1 Å². The number of hydrogen-bond acceptors (Lipinski definition) is 5. The highest BCUT2D eigenvalue weighted by Gasteiger charge is 2.32. The van der Waals surface area contributed by atoms with Gasteiger partial charge in [-0.1, -0.05) is 42.6 Å². The second kappa shape index (κ2) is 7.37. The molecule has 140 valence electrons. The number of allylic oxidation sites excluding steroid dienone is 2. The van der Waals surface area contributed by atoms with Gasteiger partial charge in [-0.15, -0.1) is 10.2 Å². The Hall–Kier alpha value is -2.31. The third kappa shape index (κ3) is 3.35. The Morgan fingerprint density at radius 1 is 1.19 bits per heavy atom. The summed E-state index contributed by atoms with van der Waals surface area (Å²) in [5.41, 5.74) is 2.75. The van der Waals surface area contributed by atoms with E-state index in [9.17, 15) is 0 Å². The molecular formula is C19H19Cl2N5O. The van der Waals surface area contributed by atoms with E-state index in [1.165, 1.54) is 0 Å². The zero-order chi connectivity index (χ0) is 19.0. The van der Waals surface area contributed by atoms with Gasteiger partial charge in [0.25, 0.3) is 0 Å². The molecule has 1 atom stereocenters. The molecule has 1 N–H and O–H groups in total. The molecule has 3 heterocycles. The molecule has 0 amide bonds. The minimum atomic E-state index is -0.245. The summed E-state index contributed by atoms with van der Waals surface area (Å²) in [5, 5.41) is 17.4.